The van der Waals surface area contributed by atoms with E-state index in [4.69, 9.17) is 4.52 Å². The summed E-state index contributed by atoms with van der Waals surface area (Å²) in [5.41, 5.74) is 1.50. The second-order valence-corrected chi connectivity index (χ2v) is 6.61. The number of carbonyl (C=O) groups excluding carboxylic acids is 2. The highest BCUT2D eigenvalue weighted by Gasteiger charge is 2.31. The zero-order valence-electron chi connectivity index (χ0n) is 14.1. The quantitative estimate of drug-likeness (QED) is 0.855. The second-order valence-electron chi connectivity index (χ2n) is 6.61. The predicted molar refractivity (Wildman–Crippen MR) is 90.3 cm³/mol. The molecule has 2 fully saturated rings. The minimum Gasteiger partial charge on any atom is -0.339 e. The summed E-state index contributed by atoms with van der Waals surface area (Å²) in [7, 11) is 0. The van der Waals surface area contributed by atoms with Crippen LogP contribution in [0, 0.1) is 6.92 Å². The van der Waals surface area contributed by atoms with Gasteiger partial charge in [-0.1, -0.05) is 5.16 Å². The Morgan fingerprint density at radius 1 is 1.24 bits per heavy atom. The summed E-state index contributed by atoms with van der Waals surface area (Å²) in [6, 6.07) is 7.30. The van der Waals surface area contributed by atoms with Crippen molar-refractivity contribution in [1.29, 1.82) is 0 Å². The highest BCUT2D eigenvalue weighted by Crippen LogP contribution is 2.28. The first-order valence-electron chi connectivity index (χ1n) is 8.62. The van der Waals surface area contributed by atoms with Crippen LogP contribution in [0.4, 0.5) is 5.69 Å². The van der Waals surface area contributed by atoms with Crippen molar-refractivity contribution in [3.05, 3.63) is 41.5 Å². The van der Waals surface area contributed by atoms with Crippen molar-refractivity contribution >= 4 is 17.5 Å². The molecule has 1 aromatic heterocycles. The molecule has 0 spiro atoms. The van der Waals surface area contributed by atoms with Crippen LogP contribution >= 0.6 is 0 Å². The van der Waals surface area contributed by atoms with Gasteiger partial charge in [0.1, 0.15) is 0 Å². The third-order valence-electron chi connectivity index (χ3n) is 4.87. The smallest absolute Gasteiger partial charge is 0.253 e. The van der Waals surface area contributed by atoms with Gasteiger partial charge in [0, 0.05) is 37.3 Å². The summed E-state index contributed by atoms with van der Waals surface area (Å²) in [6.07, 6.45) is 2.32. The van der Waals surface area contributed by atoms with E-state index in [0.717, 1.165) is 25.1 Å². The Morgan fingerprint density at radius 3 is 2.68 bits per heavy atom. The standard InChI is InChI=1S/C18H20N4O3/c1-12-19-17(25-20-12)14-8-10-21(11-14)18(24)13-4-6-15(7-5-13)22-9-2-3-16(22)23/h4-7,14H,2-3,8-11H2,1H3. The molecule has 0 bridgehead atoms. The molecule has 0 radical (unpaired) electrons. The lowest BCUT2D eigenvalue weighted by atomic mass is 10.1. The van der Waals surface area contributed by atoms with Crippen LogP contribution in [0.3, 0.4) is 0 Å². The maximum atomic E-state index is 12.7. The first kappa shape index (κ1) is 15.8. The van der Waals surface area contributed by atoms with Gasteiger partial charge in [0.25, 0.3) is 5.91 Å². The fourth-order valence-electron chi connectivity index (χ4n) is 3.51. The number of hydrogen-bond donors (Lipinski definition) is 0. The molecule has 1 unspecified atom stereocenters. The third-order valence-corrected chi connectivity index (χ3v) is 4.87. The number of amides is 2. The van der Waals surface area contributed by atoms with Gasteiger partial charge in [-0.3, -0.25) is 9.59 Å². The van der Waals surface area contributed by atoms with Crippen molar-refractivity contribution in [3.63, 3.8) is 0 Å². The van der Waals surface area contributed by atoms with E-state index in [1.54, 1.807) is 24.0 Å². The molecule has 2 saturated heterocycles. The molecule has 25 heavy (non-hydrogen) atoms. The molecule has 2 aliphatic rings. The first-order chi connectivity index (χ1) is 12.1. The number of hydrogen-bond acceptors (Lipinski definition) is 5. The third kappa shape index (κ3) is 3.01. The lowest BCUT2D eigenvalue weighted by Crippen LogP contribution is -2.28. The number of benzene rings is 1. The van der Waals surface area contributed by atoms with Crippen LogP contribution in [0.1, 0.15) is 47.3 Å². The summed E-state index contributed by atoms with van der Waals surface area (Å²) in [5, 5.41) is 3.82. The van der Waals surface area contributed by atoms with E-state index in [-0.39, 0.29) is 17.7 Å². The predicted octanol–water partition coefficient (Wildman–Crippen LogP) is 2.13. The molecular formula is C18H20N4O3. The molecule has 130 valence electrons. The van der Waals surface area contributed by atoms with Crippen LogP contribution in [0.25, 0.3) is 0 Å². The Morgan fingerprint density at radius 2 is 2.04 bits per heavy atom. The highest BCUT2D eigenvalue weighted by molar-refractivity contribution is 5.97. The molecule has 1 aromatic carbocycles. The molecule has 0 N–H and O–H groups in total. The summed E-state index contributed by atoms with van der Waals surface area (Å²) in [6.45, 7) is 3.81. The van der Waals surface area contributed by atoms with E-state index in [1.807, 2.05) is 17.0 Å². The maximum Gasteiger partial charge on any atom is 0.253 e. The lowest BCUT2D eigenvalue weighted by Gasteiger charge is -2.18. The molecule has 0 saturated carbocycles. The topological polar surface area (TPSA) is 79.5 Å². The van der Waals surface area contributed by atoms with Crippen LogP contribution in [-0.2, 0) is 4.79 Å². The largest absolute Gasteiger partial charge is 0.339 e. The Balaban J connectivity index is 1.43. The van der Waals surface area contributed by atoms with Gasteiger partial charge in [-0.05, 0) is 44.0 Å². The van der Waals surface area contributed by atoms with E-state index < -0.39 is 0 Å². The van der Waals surface area contributed by atoms with Crippen molar-refractivity contribution < 1.29 is 14.1 Å². The molecule has 2 aromatic rings. The molecule has 2 amide bonds. The highest BCUT2D eigenvalue weighted by atomic mass is 16.5. The van der Waals surface area contributed by atoms with Crippen molar-refractivity contribution in [2.24, 2.45) is 0 Å². The number of carbonyl (C=O) groups is 2. The molecule has 1 atom stereocenters. The first-order valence-corrected chi connectivity index (χ1v) is 8.62. The second kappa shape index (κ2) is 6.31. The molecule has 4 rings (SSSR count). The average Bonchev–Trinajstić information content (AvgIpc) is 3.35. The van der Waals surface area contributed by atoms with Gasteiger partial charge in [0.15, 0.2) is 5.82 Å². The number of aryl methyl sites for hydroxylation is 1. The van der Waals surface area contributed by atoms with Crippen LogP contribution in [-0.4, -0.2) is 46.5 Å². The van der Waals surface area contributed by atoms with E-state index in [1.165, 1.54) is 0 Å². The van der Waals surface area contributed by atoms with E-state index in [9.17, 15) is 9.59 Å². The van der Waals surface area contributed by atoms with Crippen LogP contribution in [0.15, 0.2) is 28.8 Å². The van der Waals surface area contributed by atoms with Crippen LogP contribution in [0.5, 0.6) is 0 Å². The Kier molecular flexibility index (Phi) is 3.99. The normalized spacial score (nSPS) is 20.5. The van der Waals surface area contributed by atoms with E-state index in [0.29, 0.717) is 36.8 Å². The Hall–Kier alpha value is -2.70. The molecule has 7 nitrogen and oxygen atoms in total. The van der Waals surface area contributed by atoms with Crippen molar-refractivity contribution in [1.82, 2.24) is 15.0 Å². The molecule has 7 heteroatoms. The maximum absolute atomic E-state index is 12.7. The fourth-order valence-corrected chi connectivity index (χ4v) is 3.51. The minimum atomic E-state index is -0.00182. The van der Waals surface area contributed by atoms with Gasteiger partial charge in [-0.25, -0.2) is 0 Å². The lowest BCUT2D eigenvalue weighted by molar-refractivity contribution is -0.117. The molecule has 3 heterocycles. The zero-order chi connectivity index (χ0) is 17.4. The average molecular weight is 340 g/mol. The van der Waals surface area contributed by atoms with Crippen molar-refractivity contribution in [2.45, 2.75) is 32.1 Å². The molecular weight excluding hydrogens is 320 g/mol. The number of rotatable bonds is 3. The number of nitrogens with zero attached hydrogens (tertiary/aromatic N) is 4. The summed E-state index contributed by atoms with van der Waals surface area (Å²) < 4.78 is 5.23. The molecule has 0 aliphatic carbocycles. The Labute approximate surface area is 145 Å². The summed E-state index contributed by atoms with van der Waals surface area (Å²) in [4.78, 5) is 32.4. The zero-order valence-corrected chi connectivity index (χ0v) is 14.1. The van der Waals surface area contributed by atoms with E-state index >= 15 is 0 Å². The Bertz CT molecular complexity index is 799. The fraction of sp³-hybridized carbons (Fsp3) is 0.444. The molecule has 2 aliphatic heterocycles. The van der Waals surface area contributed by atoms with Gasteiger partial charge < -0.3 is 14.3 Å². The number of likely N-dealkylation sites (tertiary alicyclic amines) is 1. The van der Waals surface area contributed by atoms with Crippen LogP contribution < -0.4 is 4.90 Å². The van der Waals surface area contributed by atoms with Gasteiger partial charge in [0.2, 0.25) is 11.8 Å². The van der Waals surface area contributed by atoms with Crippen molar-refractivity contribution in [2.75, 3.05) is 24.5 Å². The number of aromatic nitrogens is 2. The summed E-state index contributed by atoms with van der Waals surface area (Å²) >= 11 is 0. The summed E-state index contributed by atoms with van der Waals surface area (Å²) in [5.74, 6) is 1.48. The van der Waals surface area contributed by atoms with Gasteiger partial charge in [-0.15, -0.1) is 0 Å². The van der Waals surface area contributed by atoms with E-state index in [2.05, 4.69) is 10.1 Å². The van der Waals surface area contributed by atoms with Gasteiger partial charge >= 0.3 is 0 Å². The number of anilines is 1. The van der Waals surface area contributed by atoms with Crippen LogP contribution in [0.2, 0.25) is 0 Å². The SMILES string of the molecule is Cc1noc(C2CCN(C(=O)c3ccc(N4CCCC4=O)cc3)C2)n1. The monoisotopic (exact) mass is 340 g/mol. The van der Waals surface area contributed by atoms with Gasteiger partial charge in [0.05, 0.1) is 5.92 Å². The minimum absolute atomic E-state index is 0.00182. The van der Waals surface area contributed by atoms with Crippen molar-refractivity contribution in [3.8, 4) is 0 Å². The van der Waals surface area contributed by atoms with Gasteiger partial charge in [-0.2, -0.15) is 4.98 Å².